The molecule has 0 aromatic carbocycles. The van der Waals surface area contributed by atoms with Crippen molar-refractivity contribution in [2.75, 3.05) is 13.1 Å². The fourth-order valence-electron chi connectivity index (χ4n) is 2.62. The van der Waals surface area contributed by atoms with E-state index in [0.717, 1.165) is 12.1 Å². The summed E-state index contributed by atoms with van der Waals surface area (Å²) >= 11 is 0. The van der Waals surface area contributed by atoms with E-state index in [2.05, 4.69) is 24.1 Å². The van der Waals surface area contributed by atoms with E-state index in [1.54, 1.807) is 16.6 Å². The van der Waals surface area contributed by atoms with Crippen molar-refractivity contribution in [1.82, 2.24) is 14.6 Å². The van der Waals surface area contributed by atoms with Gasteiger partial charge >= 0.3 is 0 Å². The Hall–Kier alpha value is -0.980. The van der Waals surface area contributed by atoms with E-state index in [1.165, 1.54) is 12.8 Å². The Morgan fingerprint density at radius 1 is 1.24 bits per heavy atom. The van der Waals surface area contributed by atoms with Crippen molar-refractivity contribution in [3.8, 4) is 0 Å². The average Bonchev–Trinajstić information content (AvgIpc) is 3.23. The van der Waals surface area contributed by atoms with Crippen LogP contribution >= 0.6 is 0 Å². The third-order valence-corrected chi connectivity index (χ3v) is 6.28. The summed E-state index contributed by atoms with van der Waals surface area (Å²) in [6, 6.07) is 4.13. The van der Waals surface area contributed by atoms with Crippen LogP contribution in [0, 0.1) is 11.8 Å². The molecule has 2 unspecified atom stereocenters. The minimum Gasteiger partial charge on any atom is -0.310 e. The predicted molar refractivity (Wildman–Crippen MR) is 81.2 cm³/mol. The first-order chi connectivity index (χ1) is 9.96. The van der Waals surface area contributed by atoms with Gasteiger partial charge in [-0.2, -0.15) is 4.31 Å². The molecule has 0 amide bonds. The lowest BCUT2D eigenvalue weighted by molar-refractivity contribution is 0.460. The fraction of sp³-hybridized carbons (Fsp3) is 0.667. The van der Waals surface area contributed by atoms with E-state index in [-0.39, 0.29) is 5.03 Å². The zero-order valence-electron chi connectivity index (χ0n) is 12.6. The van der Waals surface area contributed by atoms with Crippen LogP contribution in [0.15, 0.2) is 23.4 Å². The zero-order chi connectivity index (χ0) is 15.0. The third-order valence-electron chi connectivity index (χ3n) is 4.53. The molecule has 0 radical (unpaired) electrons. The molecule has 3 rings (SSSR count). The van der Waals surface area contributed by atoms with E-state index in [0.29, 0.717) is 31.0 Å². The first kappa shape index (κ1) is 14.9. The molecular weight excluding hydrogens is 286 g/mol. The van der Waals surface area contributed by atoms with Crippen molar-refractivity contribution >= 4 is 10.0 Å². The lowest BCUT2D eigenvalue weighted by atomic mass is 10.0. The molecule has 1 saturated heterocycles. The number of nitrogens with one attached hydrogen (secondary N) is 1. The van der Waals surface area contributed by atoms with Crippen molar-refractivity contribution < 1.29 is 8.42 Å². The normalized spacial score (nSPS) is 27.1. The molecule has 2 atom stereocenters. The summed E-state index contributed by atoms with van der Waals surface area (Å²) < 4.78 is 26.7. The first-order valence-electron chi connectivity index (χ1n) is 7.65. The van der Waals surface area contributed by atoms with Gasteiger partial charge in [-0.05, 0) is 36.3 Å². The van der Waals surface area contributed by atoms with Crippen LogP contribution in [0.4, 0.5) is 0 Å². The Labute approximate surface area is 126 Å². The Bertz CT molecular complexity index is 586. The number of pyridine rings is 1. The van der Waals surface area contributed by atoms with Gasteiger partial charge in [0.05, 0.1) is 0 Å². The minimum absolute atomic E-state index is 0.166. The number of hydrogen-bond donors (Lipinski definition) is 1. The van der Waals surface area contributed by atoms with Gasteiger partial charge in [-0.1, -0.05) is 19.9 Å². The van der Waals surface area contributed by atoms with Crippen LogP contribution in [0.1, 0.15) is 32.3 Å². The van der Waals surface area contributed by atoms with Gasteiger partial charge in [0, 0.05) is 31.9 Å². The van der Waals surface area contributed by atoms with Crippen molar-refractivity contribution in [2.45, 2.75) is 44.3 Å². The summed E-state index contributed by atoms with van der Waals surface area (Å²) in [6.07, 6.45) is 4.15. The summed E-state index contributed by atoms with van der Waals surface area (Å²) in [5.74, 6) is 0.809. The molecule has 1 aromatic rings. The molecule has 1 aromatic heterocycles. The average molecular weight is 309 g/mol. The lowest BCUT2D eigenvalue weighted by Crippen LogP contribution is -2.29. The molecule has 0 bridgehead atoms. The summed E-state index contributed by atoms with van der Waals surface area (Å²) in [5.41, 5.74) is 1.03. The highest BCUT2D eigenvalue weighted by atomic mass is 32.2. The maximum atomic E-state index is 12.6. The Kier molecular flexibility index (Phi) is 4.03. The van der Waals surface area contributed by atoms with Crippen molar-refractivity contribution in [2.24, 2.45) is 11.8 Å². The molecule has 21 heavy (non-hydrogen) atoms. The van der Waals surface area contributed by atoms with Crippen molar-refractivity contribution in [3.63, 3.8) is 0 Å². The molecule has 1 aliphatic carbocycles. The minimum atomic E-state index is -3.44. The molecular formula is C15H23N3O2S. The first-order valence-corrected chi connectivity index (χ1v) is 9.09. The van der Waals surface area contributed by atoms with Gasteiger partial charge in [0.15, 0.2) is 5.03 Å². The standard InChI is InChI=1S/C15H23N3O2S/c1-11-9-18(10-12(11)2)21(19,20)15-6-3-13(8-17-15)7-16-14-4-5-14/h3,6,8,11-12,14,16H,4-5,7,9-10H2,1-2H3. The third kappa shape index (κ3) is 3.27. The molecule has 1 N–H and O–H groups in total. The second-order valence-corrected chi connectivity index (χ2v) is 8.32. The lowest BCUT2D eigenvalue weighted by Gasteiger charge is -2.15. The fourth-order valence-corrected chi connectivity index (χ4v) is 4.18. The number of nitrogens with zero attached hydrogens (tertiary/aromatic N) is 2. The largest absolute Gasteiger partial charge is 0.310 e. The monoisotopic (exact) mass is 309 g/mol. The highest BCUT2D eigenvalue weighted by Gasteiger charge is 2.35. The van der Waals surface area contributed by atoms with E-state index in [9.17, 15) is 8.42 Å². The molecule has 5 nitrogen and oxygen atoms in total. The van der Waals surface area contributed by atoms with Crippen LogP contribution in [0.3, 0.4) is 0 Å². The highest BCUT2D eigenvalue weighted by molar-refractivity contribution is 7.89. The molecule has 116 valence electrons. The van der Waals surface area contributed by atoms with Crippen LogP contribution in [-0.4, -0.2) is 36.8 Å². The highest BCUT2D eigenvalue weighted by Crippen LogP contribution is 2.27. The van der Waals surface area contributed by atoms with Gasteiger partial charge in [-0.15, -0.1) is 0 Å². The van der Waals surface area contributed by atoms with E-state index >= 15 is 0 Å². The van der Waals surface area contributed by atoms with Crippen LogP contribution < -0.4 is 5.32 Å². The van der Waals surface area contributed by atoms with Gasteiger partial charge in [0.1, 0.15) is 0 Å². The molecule has 2 fully saturated rings. The van der Waals surface area contributed by atoms with Gasteiger partial charge in [0.25, 0.3) is 10.0 Å². The predicted octanol–water partition coefficient (Wildman–Crippen LogP) is 1.61. The summed E-state index contributed by atoms with van der Waals surface area (Å²) in [5, 5.41) is 3.56. The SMILES string of the molecule is CC1CN(S(=O)(=O)c2ccc(CNC3CC3)cn2)CC1C. The molecule has 0 spiro atoms. The van der Waals surface area contributed by atoms with Gasteiger partial charge in [-0.3, -0.25) is 0 Å². The van der Waals surface area contributed by atoms with Crippen LogP contribution in [0.25, 0.3) is 0 Å². The molecule has 2 aliphatic rings. The molecule has 1 saturated carbocycles. The topological polar surface area (TPSA) is 62.3 Å². The molecule has 1 aliphatic heterocycles. The quantitative estimate of drug-likeness (QED) is 0.897. The number of sulfonamides is 1. The number of aromatic nitrogens is 1. The summed E-state index contributed by atoms with van der Waals surface area (Å²) in [7, 11) is -3.44. The molecule has 6 heteroatoms. The Morgan fingerprint density at radius 2 is 1.90 bits per heavy atom. The number of hydrogen-bond acceptors (Lipinski definition) is 4. The second-order valence-electron chi connectivity index (χ2n) is 6.44. The Balaban J connectivity index is 1.70. The maximum absolute atomic E-state index is 12.6. The van der Waals surface area contributed by atoms with Crippen LogP contribution in [0.2, 0.25) is 0 Å². The van der Waals surface area contributed by atoms with Crippen LogP contribution in [-0.2, 0) is 16.6 Å². The van der Waals surface area contributed by atoms with E-state index in [1.807, 2.05) is 6.07 Å². The van der Waals surface area contributed by atoms with Crippen molar-refractivity contribution in [3.05, 3.63) is 23.9 Å². The number of rotatable bonds is 5. The summed E-state index contributed by atoms with van der Waals surface area (Å²) in [6.45, 7) is 6.14. The van der Waals surface area contributed by atoms with E-state index < -0.39 is 10.0 Å². The van der Waals surface area contributed by atoms with E-state index in [4.69, 9.17) is 0 Å². The van der Waals surface area contributed by atoms with Gasteiger partial charge < -0.3 is 5.32 Å². The smallest absolute Gasteiger partial charge is 0.260 e. The van der Waals surface area contributed by atoms with Crippen LogP contribution in [0.5, 0.6) is 0 Å². The Morgan fingerprint density at radius 3 is 2.43 bits per heavy atom. The van der Waals surface area contributed by atoms with Gasteiger partial charge in [0.2, 0.25) is 0 Å². The van der Waals surface area contributed by atoms with Crippen molar-refractivity contribution in [1.29, 1.82) is 0 Å². The van der Waals surface area contributed by atoms with Gasteiger partial charge in [-0.25, -0.2) is 13.4 Å². The molecule has 2 heterocycles. The second kappa shape index (κ2) is 5.66. The maximum Gasteiger partial charge on any atom is 0.260 e. The summed E-state index contributed by atoms with van der Waals surface area (Å²) in [4.78, 5) is 4.17. The zero-order valence-corrected chi connectivity index (χ0v) is 13.4.